The van der Waals surface area contributed by atoms with Gasteiger partial charge in [-0.2, -0.15) is 0 Å². The van der Waals surface area contributed by atoms with Gasteiger partial charge in [0.05, 0.1) is 0 Å². The van der Waals surface area contributed by atoms with Crippen molar-refractivity contribution in [3.8, 4) is 0 Å². The van der Waals surface area contributed by atoms with Gasteiger partial charge >= 0.3 is 0 Å². The molecule has 0 aromatic rings. The summed E-state index contributed by atoms with van der Waals surface area (Å²) in [7, 11) is 0. The highest BCUT2D eigenvalue weighted by molar-refractivity contribution is 5.21. The summed E-state index contributed by atoms with van der Waals surface area (Å²) in [6.07, 6.45) is 8.93. The fourth-order valence-corrected chi connectivity index (χ4v) is 1.97. The van der Waals surface area contributed by atoms with Gasteiger partial charge in [0.1, 0.15) is 0 Å². The van der Waals surface area contributed by atoms with Crippen molar-refractivity contribution in [2.75, 3.05) is 0 Å². The number of allylic oxidation sites excluding steroid dienone is 4. The lowest BCUT2D eigenvalue weighted by atomic mass is 9.75. The van der Waals surface area contributed by atoms with E-state index in [1.54, 1.807) is 0 Å². The van der Waals surface area contributed by atoms with Crippen molar-refractivity contribution in [3.05, 3.63) is 36.5 Å². The van der Waals surface area contributed by atoms with Crippen LogP contribution >= 0.6 is 0 Å². The fourth-order valence-electron chi connectivity index (χ4n) is 1.97. The van der Waals surface area contributed by atoms with Crippen LogP contribution in [0.15, 0.2) is 36.5 Å². The first-order valence-electron chi connectivity index (χ1n) is 7.22. The van der Waals surface area contributed by atoms with E-state index in [1.165, 1.54) is 17.6 Å². The predicted octanol–water partition coefficient (Wildman–Crippen LogP) is 6.31. The first-order valence-corrected chi connectivity index (χ1v) is 7.22. The van der Waals surface area contributed by atoms with Crippen LogP contribution in [-0.4, -0.2) is 0 Å². The van der Waals surface area contributed by atoms with Crippen LogP contribution in [0.25, 0.3) is 0 Å². The summed E-state index contributed by atoms with van der Waals surface area (Å²) in [6, 6.07) is 0. The van der Waals surface area contributed by atoms with Crippen LogP contribution in [0.2, 0.25) is 0 Å². The Morgan fingerprint density at radius 3 is 2.06 bits per heavy atom. The van der Waals surface area contributed by atoms with Crippen LogP contribution in [0.5, 0.6) is 0 Å². The van der Waals surface area contributed by atoms with Crippen molar-refractivity contribution < 1.29 is 0 Å². The summed E-state index contributed by atoms with van der Waals surface area (Å²) in [4.78, 5) is 0. The summed E-state index contributed by atoms with van der Waals surface area (Å²) in [6.45, 7) is 21.7. The van der Waals surface area contributed by atoms with E-state index in [-0.39, 0.29) is 5.41 Å². The van der Waals surface area contributed by atoms with Gasteiger partial charge in [0.25, 0.3) is 0 Å². The van der Waals surface area contributed by atoms with Crippen LogP contribution in [0, 0.1) is 10.8 Å². The summed E-state index contributed by atoms with van der Waals surface area (Å²) in [5.74, 6) is 0. The second-order valence-electron chi connectivity index (χ2n) is 6.31. The third-order valence-electron chi connectivity index (χ3n) is 4.90. The van der Waals surface area contributed by atoms with Crippen molar-refractivity contribution in [3.63, 3.8) is 0 Å². The molecule has 0 aliphatic carbocycles. The second kappa shape index (κ2) is 6.97. The molecule has 18 heavy (non-hydrogen) atoms. The van der Waals surface area contributed by atoms with Gasteiger partial charge in [0.15, 0.2) is 0 Å². The molecule has 0 aliphatic rings. The molecule has 0 amide bonds. The maximum atomic E-state index is 4.14. The molecule has 0 heteroatoms. The Labute approximate surface area is 115 Å². The van der Waals surface area contributed by atoms with Gasteiger partial charge in [0, 0.05) is 0 Å². The van der Waals surface area contributed by atoms with Crippen molar-refractivity contribution in [1.29, 1.82) is 0 Å². The number of hydrogen-bond donors (Lipinski definition) is 0. The molecule has 0 N–H and O–H groups in total. The minimum atomic E-state index is 0.203. The van der Waals surface area contributed by atoms with Crippen LogP contribution in [0.3, 0.4) is 0 Å². The molecule has 0 rings (SSSR count). The molecule has 1 atom stereocenters. The Balaban J connectivity index is 4.62. The SMILES string of the molecule is C=CC(=C)C(C)(CC)CCC=C(C)C(C)(C)CC. The first-order chi connectivity index (χ1) is 8.23. The Hall–Kier alpha value is -0.780. The van der Waals surface area contributed by atoms with Crippen molar-refractivity contribution in [2.24, 2.45) is 10.8 Å². The fraction of sp³-hybridized carbons (Fsp3) is 0.667. The van der Waals surface area contributed by atoms with Gasteiger partial charge in [0.2, 0.25) is 0 Å². The van der Waals surface area contributed by atoms with E-state index in [0.29, 0.717) is 5.41 Å². The zero-order valence-electron chi connectivity index (χ0n) is 13.4. The lowest BCUT2D eigenvalue weighted by molar-refractivity contribution is 0.360. The summed E-state index contributed by atoms with van der Waals surface area (Å²) >= 11 is 0. The van der Waals surface area contributed by atoms with E-state index < -0.39 is 0 Å². The first kappa shape index (κ1) is 17.2. The average molecular weight is 248 g/mol. The van der Waals surface area contributed by atoms with Gasteiger partial charge in [-0.3, -0.25) is 0 Å². The Morgan fingerprint density at radius 2 is 1.67 bits per heavy atom. The summed E-state index contributed by atoms with van der Waals surface area (Å²) < 4.78 is 0. The second-order valence-corrected chi connectivity index (χ2v) is 6.31. The quantitative estimate of drug-likeness (QED) is 0.349. The molecule has 0 aliphatic heterocycles. The van der Waals surface area contributed by atoms with Crippen LogP contribution in [0.1, 0.15) is 67.2 Å². The highest BCUT2D eigenvalue weighted by Gasteiger charge is 2.23. The Morgan fingerprint density at radius 1 is 1.11 bits per heavy atom. The van der Waals surface area contributed by atoms with E-state index in [0.717, 1.165) is 19.3 Å². The molecular weight excluding hydrogens is 216 g/mol. The lowest BCUT2D eigenvalue weighted by Crippen LogP contribution is -2.17. The van der Waals surface area contributed by atoms with Gasteiger partial charge in [-0.05, 0) is 49.0 Å². The van der Waals surface area contributed by atoms with Crippen molar-refractivity contribution in [1.82, 2.24) is 0 Å². The third kappa shape index (κ3) is 4.48. The zero-order chi connectivity index (χ0) is 14.4. The lowest BCUT2D eigenvalue weighted by Gasteiger charge is -2.29. The van der Waals surface area contributed by atoms with Gasteiger partial charge < -0.3 is 0 Å². The van der Waals surface area contributed by atoms with Gasteiger partial charge in [-0.15, -0.1) is 0 Å². The topological polar surface area (TPSA) is 0 Å². The standard InChI is InChI=1S/C18H32/c1-9-15(4)18(8,11-3)14-12-13-16(5)17(6,7)10-2/h9,13H,1,4,10-12,14H2,2-3,5-8H3. The van der Waals surface area contributed by atoms with Gasteiger partial charge in [-0.1, -0.05) is 65.5 Å². The molecule has 0 saturated carbocycles. The molecule has 0 saturated heterocycles. The molecule has 0 bridgehead atoms. The van der Waals surface area contributed by atoms with Crippen molar-refractivity contribution in [2.45, 2.75) is 67.2 Å². The minimum Gasteiger partial charge on any atom is -0.0988 e. The number of rotatable bonds is 8. The zero-order valence-corrected chi connectivity index (χ0v) is 13.4. The van der Waals surface area contributed by atoms with Gasteiger partial charge in [-0.25, -0.2) is 0 Å². The molecular formula is C18H32. The maximum absolute atomic E-state index is 4.14. The van der Waals surface area contributed by atoms with Crippen LogP contribution in [-0.2, 0) is 0 Å². The highest BCUT2D eigenvalue weighted by atomic mass is 14.3. The Kier molecular flexibility index (Phi) is 6.67. The minimum absolute atomic E-state index is 0.203. The van der Waals surface area contributed by atoms with E-state index in [9.17, 15) is 0 Å². The highest BCUT2D eigenvalue weighted by Crippen LogP contribution is 2.36. The van der Waals surface area contributed by atoms with E-state index in [1.807, 2.05) is 6.08 Å². The van der Waals surface area contributed by atoms with E-state index in [4.69, 9.17) is 0 Å². The summed E-state index contributed by atoms with van der Waals surface area (Å²) in [5, 5.41) is 0. The van der Waals surface area contributed by atoms with E-state index >= 15 is 0 Å². The average Bonchev–Trinajstić information content (AvgIpc) is 2.36. The van der Waals surface area contributed by atoms with E-state index in [2.05, 4.69) is 60.8 Å². The molecule has 0 aromatic carbocycles. The molecule has 104 valence electrons. The molecule has 0 radical (unpaired) electrons. The monoisotopic (exact) mass is 248 g/mol. The Bertz CT molecular complexity index is 317. The predicted molar refractivity (Wildman–Crippen MR) is 84.8 cm³/mol. The normalized spacial score (nSPS) is 16.2. The molecule has 0 nitrogen and oxygen atoms in total. The third-order valence-corrected chi connectivity index (χ3v) is 4.90. The molecule has 0 heterocycles. The van der Waals surface area contributed by atoms with Crippen LogP contribution in [0.4, 0.5) is 0 Å². The summed E-state index contributed by atoms with van der Waals surface area (Å²) in [5.41, 5.74) is 3.21. The maximum Gasteiger partial charge on any atom is -0.00810 e. The largest absolute Gasteiger partial charge is 0.0988 e. The van der Waals surface area contributed by atoms with Crippen molar-refractivity contribution >= 4 is 0 Å². The number of hydrogen-bond acceptors (Lipinski definition) is 0. The molecule has 0 spiro atoms. The smallest absolute Gasteiger partial charge is 0.00810 e. The van der Waals surface area contributed by atoms with Crippen LogP contribution < -0.4 is 0 Å². The molecule has 1 unspecified atom stereocenters. The molecule has 0 aromatic heterocycles. The molecule has 0 fully saturated rings.